The maximum absolute atomic E-state index is 9.94. The zero-order valence-corrected chi connectivity index (χ0v) is 50.3. The number of rotatable bonds is 6. The van der Waals surface area contributed by atoms with Crippen LogP contribution in [0.2, 0.25) is 0 Å². The van der Waals surface area contributed by atoms with Crippen LogP contribution in [0, 0.1) is 0 Å². The molecule has 0 bridgehead atoms. The third-order valence-electron chi connectivity index (χ3n) is 17.6. The summed E-state index contributed by atoms with van der Waals surface area (Å²) in [5.41, 5.74) is 16.2. The van der Waals surface area contributed by atoms with Gasteiger partial charge in [0.15, 0.2) is 0 Å². The van der Waals surface area contributed by atoms with Crippen LogP contribution in [0.15, 0.2) is 329 Å². The molecule has 0 saturated carbocycles. The molecule has 0 radical (unpaired) electrons. The maximum atomic E-state index is 9.94. The molecular weight excluding hydrogens is 1160 g/mol. The normalized spacial score (nSPS) is 11.5. The standard InChI is InChI=1S/C42H26O.C22H13BrO.C20H15BO2/c1-2-11-27(12-3-1)41-34-17-6-8-19-36(34)42(37-20-9-7-18-35(37)41)32-16-10-15-28(23-32)31-21-22-33-38-24-29-13-4-5-14-30(29)25-40(38)43-39(33)26-31;23-18-7-3-6-14(10-18)17-8-9-19-20-11-15-4-1-2-5-16(15)12-22(20)24-21(19)13-17;22-21(23)20-17-12-6-4-10-15(17)19(14-8-2-1-3-9-14)16-11-5-7-13-18(16)20/h1-26H;1-13H;1-13,22-23H. The second-order valence-corrected chi connectivity index (χ2v) is 23.9. The second-order valence-electron chi connectivity index (χ2n) is 22.9. The van der Waals surface area contributed by atoms with E-state index < -0.39 is 7.12 Å². The fourth-order valence-electron chi connectivity index (χ4n) is 13.5. The van der Waals surface area contributed by atoms with E-state index in [9.17, 15) is 10.0 Å². The Morgan fingerprint density at radius 3 is 0.956 bits per heavy atom. The second kappa shape index (κ2) is 23.0. The lowest BCUT2D eigenvalue weighted by atomic mass is 9.72. The Morgan fingerprint density at radius 1 is 0.222 bits per heavy atom. The van der Waals surface area contributed by atoms with E-state index in [2.05, 4.69) is 259 Å². The molecule has 0 spiro atoms. The van der Waals surface area contributed by atoms with Crippen molar-refractivity contribution in [3.63, 3.8) is 0 Å². The molecule has 18 aromatic rings. The summed E-state index contributed by atoms with van der Waals surface area (Å²) in [6.07, 6.45) is 0. The maximum Gasteiger partial charge on any atom is 0.489 e. The number of hydrogen-bond acceptors (Lipinski definition) is 4. The molecule has 0 unspecified atom stereocenters. The molecule has 0 aliphatic heterocycles. The number of furan rings is 2. The molecule has 2 aromatic heterocycles. The highest BCUT2D eigenvalue weighted by Gasteiger charge is 2.23. The molecule has 0 aliphatic rings. The summed E-state index contributed by atoms with van der Waals surface area (Å²) in [5, 5.41) is 38.2. The monoisotopic (exact) mass is 1220 g/mol. The first-order valence-electron chi connectivity index (χ1n) is 30.3. The van der Waals surface area contributed by atoms with E-state index in [4.69, 9.17) is 8.83 Å². The predicted octanol–water partition coefficient (Wildman–Crippen LogP) is 22.6. The van der Waals surface area contributed by atoms with Crippen LogP contribution in [0.1, 0.15) is 0 Å². The quantitative estimate of drug-likeness (QED) is 0.129. The minimum Gasteiger partial charge on any atom is -0.456 e. The van der Waals surface area contributed by atoms with Gasteiger partial charge in [-0.25, -0.2) is 0 Å². The van der Waals surface area contributed by atoms with Gasteiger partial charge in [0.05, 0.1) is 0 Å². The summed E-state index contributed by atoms with van der Waals surface area (Å²) in [7, 11) is -1.50. The summed E-state index contributed by atoms with van der Waals surface area (Å²) < 4.78 is 13.6. The van der Waals surface area contributed by atoms with Crippen molar-refractivity contribution in [2.45, 2.75) is 0 Å². The van der Waals surface area contributed by atoms with Crippen molar-refractivity contribution in [2.75, 3.05) is 0 Å². The van der Waals surface area contributed by atoms with Crippen molar-refractivity contribution < 1.29 is 18.9 Å². The SMILES string of the molecule is Brc1cccc(-c2ccc3c(c2)oc2cc4ccccc4cc23)c1.OB(O)c1c2ccccc2c(-c2ccccc2)c2ccccc12.c1ccc(-c2c3ccccc3c(-c3cccc(-c4ccc5c(c4)oc4cc6ccccc6cc45)c3)c3ccccc23)cc1. The highest BCUT2D eigenvalue weighted by molar-refractivity contribution is 9.10. The molecule has 16 aromatic carbocycles. The average Bonchev–Trinajstić information content (AvgIpc) is 1.09. The smallest absolute Gasteiger partial charge is 0.456 e. The summed E-state index contributed by atoms with van der Waals surface area (Å²) >= 11 is 3.54. The molecule has 2 N–H and O–H groups in total. The van der Waals surface area contributed by atoms with Crippen molar-refractivity contribution in [2.24, 2.45) is 0 Å². The van der Waals surface area contributed by atoms with E-state index in [0.717, 1.165) is 86.8 Å². The van der Waals surface area contributed by atoms with Crippen molar-refractivity contribution in [3.05, 3.63) is 320 Å². The van der Waals surface area contributed by atoms with Crippen LogP contribution < -0.4 is 5.46 Å². The van der Waals surface area contributed by atoms with Crippen LogP contribution >= 0.6 is 15.9 Å². The Bertz CT molecular complexity index is 5680. The van der Waals surface area contributed by atoms with Gasteiger partial charge in [-0.3, -0.25) is 0 Å². The fraction of sp³-hybridized carbons (Fsp3) is 0. The van der Waals surface area contributed by atoms with Gasteiger partial charge in [0.1, 0.15) is 22.3 Å². The van der Waals surface area contributed by atoms with Crippen molar-refractivity contribution >= 4 is 137 Å². The molecule has 2 heterocycles. The summed E-state index contributed by atoms with van der Waals surface area (Å²) in [4.78, 5) is 0. The zero-order chi connectivity index (χ0) is 60.2. The highest BCUT2D eigenvalue weighted by atomic mass is 79.9. The first kappa shape index (κ1) is 54.5. The van der Waals surface area contributed by atoms with Gasteiger partial charge in [-0.05, 0) is 192 Å². The van der Waals surface area contributed by atoms with Crippen LogP contribution in [0.25, 0.3) is 164 Å². The first-order valence-corrected chi connectivity index (χ1v) is 31.1. The Morgan fingerprint density at radius 2 is 0.533 bits per heavy atom. The minimum absolute atomic E-state index is 0.566. The summed E-state index contributed by atoms with van der Waals surface area (Å²) in [5.74, 6) is 0. The van der Waals surface area contributed by atoms with E-state index in [1.807, 2.05) is 72.8 Å². The molecule has 0 fully saturated rings. The Labute approximate surface area is 528 Å². The first-order chi connectivity index (χ1) is 44.4. The Hall–Kier alpha value is -10.9. The van der Waals surface area contributed by atoms with Crippen molar-refractivity contribution in [3.8, 4) is 55.6 Å². The number of halogens is 1. The topological polar surface area (TPSA) is 66.7 Å². The fourth-order valence-corrected chi connectivity index (χ4v) is 13.9. The lowest BCUT2D eigenvalue weighted by Crippen LogP contribution is -2.31. The van der Waals surface area contributed by atoms with Gasteiger partial charge < -0.3 is 18.9 Å². The van der Waals surface area contributed by atoms with Gasteiger partial charge >= 0.3 is 7.12 Å². The predicted molar refractivity (Wildman–Crippen MR) is 384 cm³/mol. The number of fused-ring (bicyclic) bond motifs is 12. The zero-order valence-electron chi connectivity index (χ0n) is 48.7. The molecule has 0 atom stereocenters. The number of benzene rings is 16. The van der Waals surface area contributed by atoms with Gasteiger partial charge in [0.25, 0.3) is 0 Å². The van der Waals surface area contributed by atoms with Gasteiger partial charge in [-0.2, -0.15) is 0 Å². The number of hydrogen-bond donors (Lipinski definition) is 2. The molecule has 4 nitrogen and oxygen atoms in total. The highest BCUT2D eigenvalue weighted by Crippen LogP contribution is 2.45. The average molecular weight is 1220 g/mol. The molecular formula is C84H54BBrO4. The van der Waals surface area contributed by atoms with Crippen LogP contribution in [0.3, 0.4) is 0 Å². The van der Waals surface area contributed by atoms with Crippen LogP contribution in [-0.2, 0) is 0 Å². The summed E-state index contributed by atoms with van der Waals surface area (Å²) in [6, 6.07) is 110. The lowest BCUT2D eigenvalue weighted by Gasteiger charge is -2.18. The van der Waals surface area contributed by atoms with E-state index >= 15 is 0 Å². The molecule has 18 rings (SSSR count). The Kier molecular flexibility index (Phi) is 13.9. The van der Waals surface area contributed by atoms with Crippen LogP contribution in [0.5, 0.6) is 0 Å². The largest absolute Gasteiger partial charge is 0.489 e. The van der Waals surface area contributed by atoms with Gasteiger partial charge in [-0.15, -0.1) is 0 Å². The molecule has 6 heteroatoms. The van der Waals surface area contributed by atoms with Gasteiger partial charge in [-0.1, -0.05) is 265 Å². The van der Waals surface area contributed by atoms with Gasteiger partial charge in [0.2, 0.25) is 0 Å². The third-order valence-corrected chi connectivity index (χ3v) is 18.1. The molecule has 0 amide bonds. The van der Waals surface area contributed by atoms with E-state index in [0.29, 0.717) is 5.46 Å². The Balaban J connectivity index is 0.000000117. The minimum atomic E-state index is -1.50. The van der Waals surface area contributed by atoms with Crippen LogP contribution in [0.4, 0.5) is 0 Å². The van der Waals surface area contributed by atoms with Crippen LogP contribution in [-0.4, -0.2) is 17.2 Å². The third kappa shape index (κ3) is 9.85. The molecule has 90 heavy (non-hydrogen) atoms. The van der Waals surface area contributed by atoms with Crippen molar-refractivity contribution in [1.82, 2.24) is 0 Å². The van der Waals surface area contributed by atoms with E-state index in [1.54, 1.807) is 0 Å². The molecule has 0 saturated heterocycles. The molecule has 0 aliphatic carbocycles. The molecule has 424 valence electrons. The summed E-state index contributed by atoms with van der Waals surface area (Å²) in [6.45, 7) is 0. The lowest BCUT2D eigenvalue weighted by molar-refractivity contribution is 0.426. The van der Waals surface area contributed by atoms with Crippen molar-refractivity contribution in [1.29, 1.82) is 0 Å². The van der Waals surface area contributed by atoms with E-state index in [1.165, 1.54) is 81.9 Å². The van der Waals surface area contributed by atoms with E-state index in [-0.39, 0.29) is 0 Å². The van der Waals surface area contributed by atoms with Gasteiger partial charge in [0, 0.05) is 26.0 Å².